The molecule has 6 heteroatoms. The Balaban J connectivity index is 1.65. The van der Waals surface area contributed by atoms with Gasteiger partial charge in [-0.3, -0.25) is 4.79 Å². The van der Waals surface area contributed by atoms with Crippen LogP contribution in [0.25, 0.3) is 0 Å². The maximum atomic E-state index is 12.5. The molecule has 3 aromatic rings. The Labute approximate surface area is 174 Å². The van der Waals surface area contributed by atoms with Crippen molar-refractivity contribution in [3.8, 4) is 5.75 Å². The molecule has 0 unspecified atom stereocenters. The van der Waals surface area contributed by atoms with E-state index in [0.717, 1.165) is 20.1 Å². The zero-order valence-corrected chi connectivity index (χ0v) is 17.4. The lowest BCUT2D eigenvalue weighted by Gasteiger charge is -2.10. The van der Waals surface area contributed by atoms with Crippen LogP contribution in [-0.4, -0.2) is 12.1 Å². The molecule has 0 aliphatic rings. The number of nitrogens with one attached hydrogen (secondary N) is 1. The molecule has 1 amide bonds. The highest BCUT2D eigenvalue weighted by Crippen LogP contribution is 2.20. The largest absolute Gasteiger partial charge is 0.488 e. The number of nitrogens with zero attached hydrogens (tertiary/aromatic N) is 1. The number of para-hydroxylation sites is 1. The normalized spacial score (nSPS) is 10.7. The molecule has 0 aromatic heterocycles. The van der Waals surface area contributed by atoms with Crippen LogP contribution in [0.1, 0.15) is 21.5 Å². The minimum Gasteiger partial charge on any atom is -0.488 e. The van der Waals surface area contributed by atoms with Crippen molar-refractivity contribution in [2.45, 2.75) is 6.61 Å². The first kappa shape index (κ1) is 19.3. The third kappa shape index (κ3) is 5.77. The molecule has 0 atom stereocenters. The van der Waals surface area contributed by atoms with E-state index in [-0.39, 0.29) is 5.91 Å². The number of hydrazone groups is 1. The molecule has 1 N–H and O–H groups in total. The van der Waals surface area contributed by atoms with Gasteiger partial charge in [0.1, 0.15) is 12.4 Å². The fraction of sp³-hybridized carbons (Fsp3) is 0.0476. The van der Waals surface area contributed by atoms with Crippen molar-refractivity contribution in [3.63, 3.8) is 0 Å². The monoisotopic (exact) mass is 486 g/mol. The van der Waals surface area contributed by atoms with E-state index in [1.54, 1.807) is 24.4 Å². The van der Waals surface area contributed by atoms with Crippen LogP contribution in [-0.2, 0) is 6.61 Å². The van der Waals surface area contributed by atoms with Crippen molar-refractivity contribution in [3.05, 3.63) is 98.4 Å². The summed E-state index contributed by atoms with van der Waals surface area (Å²) < 4.78 is 7.81. The van der Waals surface area contributed by atoms with Gasteiger partial charge in [-0.2, -0.15) is 5.10 Å². The molecule has 3 aromatic carbocycles. The summed E-state index contributed by atoms with van der Waals surface area (Å²) in [5, 5.41) is 4.02. The Morgan fingerprint density at radius 3 is 2.52 bits per heavy atom. The highest BCUT2D eigenvalue weighted by Gasteiger charge is 2.11. The summed E-state index contributed by atoms with van der Waals surface area (Å²) in [7, 11) is 0. The molecule has 0 radical (unpaired) electrons. The second-order valence-corrected chi connectivity index (χ2v) is 7.50. The molecule has 3 rings (SSSR count). The Morgan fingerprint density at radius 1 is 0.963 bits per heavy atom. The van der Waals surface area contributed by atoms with Gasteiger partial charge < -0.3 is 4.74 Å². The number of amides is 1. The first-order valence-electron chi connectivity index (χ1n) is 8.17. The number of hydrogen-bond donors (Lipinski definition) is 1. The quantitative estimate of drug-likeness (QED) is 0.365. The van der Waals surface area contributed by atoms with Crippen molar-refractivity contribution < 1.29 is 9.53 Å². The van der Waals surface area contributed by atoms with Crippen molar-refractivity contribution in [2.24, 2.45) is 5.10 Å². The summed E-state index contributed by atoms with van der Waals surface area (Å²) in [5.74, 6) is 0.182. The highest BCUT2D eigenvalue weighted by atomic mass is 79.9. The van der Waals surface area contributed by atoms with E-state index < -0.39 is 0 Å². The fourth-order valence-corrected chi connectivity index (χ4v) is 3.05. The lowest BCUT2D eigenvalue weighted by Crippen LogP contribution is -2.18. The van der Waals surface area contributed by atoms with E-state index in [1.165, 1.54) is 0 Å². The average molecular weight is 488 g/mol. The first-order chi connectivity index (χ1) is 13.1. The Bertz CT molecular complexity index is 956. The second-order valence-electron chi connectivity index (χ2n) is 5.67. The topological polar surface area (TPSA) is 50.7 Å². The maximum Gasteiger partial charge on any atom is 0.275 e. The Morgan fingerprint density at radius 2 is 1.74 bits per heavy atom. The van der Waals surface area contributed by atoms with Crippen molar-refractivity contribution >= 4 is 44.0 Å². The highest BCUT2D eigenvalue weighted by molar-refractivity contribution is 9.10. The first-order valence-corrected chi connectivity index (χ1v) is 9.76. The van der Waals surface area contributed by atoms with E-state index in [1.807, 2.05) is 54.6 Å². The molecule has 27 heavy (non-hydrogen) atoms. The van der Waals surface area contributed by atoms with E-state index in [0.29, 0.717) is 17.9 Å². The SMILES string of the molecule is O=C(NN=Cc1ccc(Br)cc1)c1ccccc1OCc1cccc(Br)c1. The lowest BCUT2D eigenvalue weighted by atomic mass is 10.2. The van der Waals surface area contributed by atoms with Gasteiger partial charge in [0.05, 0.1) is 11.8 Å². The number of carbonyl (C=O) groups is 1. The van der Waals surface area contributed by atoms with Gasteiger partial charge >= 0.3 is 0 Å². The predicted octanol–water partition coefficient (Wildman–Crippen LogP) is 5.55. The van der Waals surface area contributed by atoms with Crippen LogP contribution in [0, 0.1) is 0 Å². The lowest BCUT2D eigenvalue weighted by molar-refractivity contribution is 0.0950. The summed E-state index contributed by atoms with van der Waals surface area (Å²) in [4.78, 5) is 12.5. The van der Waals surface area contributed by atoms with Crippen LogP contribution in [0.2, 0.25) is 0 Å². The molecule has 0 saturated carbocycles. The number of hydrogen-bond acceptors (Lipinski definition) is 3. The van der Waals surface area contributed by atoms with E-state index in [2.05, 4.69) is 42.4 Å². The Kier molecular flexibility index (Phi) is 6.79. The van der Waals surface area contributed by atoms with Crippen LogP contribution in [0.15, 0.2) is 86.8 Å². The van der Waals surface area contributed by atoms with Gasteiger partial charge in [0.15, 0.2) is 0 Å². The molecule has 0 bridgehead atoms. The molecule has 4 nitrogen and oxygen atoms in total. The molecule has 136 valence electrons. The van der Waals surface area contributed by atoms with Gasteiger partial charge in [-0.15, -0.1) is 0 Å². The molecule has 0 aliphatic carbocycles. The average Bonchev–Trinajstić information content (AvgIpc) is 2.68. The van der Waals surface area contributed by atoms with E-state index in [9.17, 15) is 4.79 Å². The van der Waals surface area contributed by atoms with E-state index >= 15 is 0 Å². The van der Waals surface area contributed by atoms with Gasteiger partial charge in [-0.25, -0.2) is 5.43 Å². The minimum absolute atomic E-state index is 0.326. The van der Waals surface area contributed by atoms with Gasteiger partial charge in [0.2, 0.25) is 0 Å². The van der Waals surface area contributed by atoms with Crippen molar-refractivity contribution in [1.82, 2.24) is 5.43 Å². The third-order valence-electron chi connectivity index (χ3n) is 3.66. The zero-order chi connectivity index (χ0) is 19.1. The summed E-state index contributed by atoms with van der Waals surface area (Å²) in [6.07, 6.45) is 1.59. The van der Waals surface area contributed by atoms with Crippen LogP contribution < -0.4 is 10.2 Å². The standard InChI is InChI=1S/C21H16Br2N2O2/c22-17-10-8-15(9-11-17)13-24-25-21(26)19-6-1-2-7-20(19)27-14-16-4-3-5-18(23)12-16/h1-13H,14H2,(H,25,26). The van der Waals surface area contributed by atoms with Crippen molar-refractivity contribution in [2.75, 3.05) is 0 Å². The fourth-order valence-electron chi connectivity index (χ4n) is 2.34. The van der Waals surface area contributed by atoms with Gasteiger partial charge in [0.25, 0.3) is 5.91 Å². The summed E-state index contributed by atoms with van der Waals surface area (Å²) in [6, 6.07) is 22.6. The molecular weight excluding hydrogens is 472 g/mol. The molecule has 0 spiro atoms. The van der Waals surface area contributed by atoms with Crippen LogP contribution in [0.5, 0.6) is 5.75 Å². The minimum atomic E-state index is -0.326. The molecule has 0 fully saturated rings. The molecule has 0 saturated heterocycles. The third-order valence-corrected chi connectivity index (χ3v) is 4.69. The summed E-state index contributed by atoms with van der Waals surface area (Å²) >= 11 is 6.82. The van der Waals surface area contributed by atoms with Crippen LogP contribution in [0.3, 0.4) is 0 Å². The molecular formula is C21H16Br2N2O2. The smallest absolute Gasteiger partial charge is 0.275 e. The summed E-state index contributed by atoms with van der Waals surface area (Å²) in [6.45, 7) is 0.367. The zero-order valence-electron chi connectivity index (χ0n) is 14.2. The van der Waals surface area contributed by atoms with Gasteiger partial charge in [0, 0.05) is 8.95 Å². The Hall–Kier alpha value is -2.44. The van der Waals surface area contributed by atoms with Crippen LogP contribution >= 0.6 is 31.9 Å². The van der Waals surface area contributed by atoms with Crippen LogP contribution in [0.4, 0.5) is 0 Å². The second kappa shape index (κ2) is 9.48. The predicted molar refractivity (Wildman–Crippen MR) is 114 cm³/mol. The number of rotatable bonds is 6. The number of carbonyl (C=O) groups excluding carboxylic acids is 1. The maximum absolute atomic E-state index is 12.5. The molecule has 0 aliphatic heterocycles. The molecule has 0 heterocycles. The van der Waals surface area contributed by atoms with Crippen molar-refractivity contribution in [1.29, 1.82) is 0 Å². The number of ether oxygens (including phenoxy) is 1. The summed E-state index contributed by atoms with van der Waals surface area (Å²) in [5.41, 5.74) is 4.87. The van der Waals surface area contributed by atoms with E-state index in [4.69, 9.17) is 4.74 Å². The van der Waals surface area contributed by atoms with Gasteiger partial charge in [-0.05, 0) is 47.5 Å². The van der Waals surface area contributed by atoms with Gasteiger partial charge in [-0.1, -0.05) is 68.3 Å². The number of halogens is 2. The number of benzene rings is 3.